The zero-order valence-corrected chi connectivity index (χ0v) is 21.8. The normalized spacial score (nSPS) is 17.3. The van der Waals surface area contributed by atoms with Gasteiger partial charge >= 0.3 is 5.97 Å². The molecule has 0 aliphatic carbocycles. The maximum atomic E-state index is 12.9. The van der Waals surface area contributed by atoms with E-state index in [9.17, 15) is 19.6 Å². The summed E-state index contributed by atoms with van der Waals surface area (Å²) in [5, 5.41) is 15.7. The van der Waals surface area contributed by atoms with Gasteiger partial charge in [-0.25, -0.2) is 0 Å². The number of hydrogen-bond acceptors (Lipinski definition) is 7. The molecular formula is C25H24BrN3O5S. The van der Waals surface area contributed by atoms with E-state index in [0.29, 0.717) is 22.3 Å². The maximum Gasteiger partial charge on any atom is 0.319 e. The summed E-state index contributed by atoms with van der Waals surface area (Å²) in [5.41, 5.74) is 2.82. The molecule has 182 valence electrons. The molecule has 0 aromatic heterocycles. The average molecular weight is 558 g/mol. The van der Waals surface area contributed by atoms with E-state index in [0.717, 1.165) is 22.9 Å². The fourth-order valence-electron chi connectivity index (χ4n) is 3.65. The summed E-state index contributed by atoms with van der Waals surface area (Å²) in [5.74, 6) is -3.22. The van der Waals surface area contributed by atoms with Crippen molar-refractivity contribution in [3.63, 3.8) is 0 Å². The molecule has 2 amide bonds. The standard InChI is InChI=1S/C25H24BrN3O5S/c1-14-4-6-15(7-5-14)12-28-20(30)13-35-24-17(11-27)21(22(23(31)29-24)25(32)34-3)16-8-9-19(33-2)18(26)10-16/h4-10,21-22H,12-13H2,1-3H3,(H,28,30)(H,29,31)/t21-,22-/m0/s1. The lowest BCUT2D eigenvalue weighted by atomic mass is 9.78. The van der Waals surface area contributed by atoms with E-state index < -0.39 is 23.7 Å². The zero-order chi connectivity index (χ0) is 25.5. The molecule has 2 N–H and O–H groups in total. The van der Waals surface area contributed by atoms with Gasteiger partial charge in [0.25, 0.3) is 0 Å². The Labute approximate surface area is 216 Å². The van der Waals surface area contributed by atoms with E-state index in [-0.39, 0.29) is 22.3 Å². The minimum absolute atomic E-state index is 0.0193. The molecule has 0 saturated carbocycles. The second kappa shape index (κ2) is 11.9. The monoisotopic (exact) mass is 557 g/mol. The number of amides is 2. The number of thioether (sulfide) groups is 1. The molecule has 2 aromatic carbocycles. The van der Waals surface area contributed by atoms with Crippen molar-refractivity contribution in [1.82, 2.24) is 10.6 Å². The molecule has 10 heteroatoms. The van der Waals surface area contributed by atoms with Gasteiger partial charge in [-0.1, -0.05) is 47.7 Å². The Bertz CT molecular complexity index is 1210. The van der Waals surface area contributed by atoms with Crippen molar-refractivity contribution in [3.8, 4) is 11.8 Å². The number of methoxy groups -OCH3 is 2. The van der Waals surface area contributed by atoms with Crippen molar-refractivity contribution in [2.24, 2.45) is 5.92 Å². The number of halogens is 1. The Hall–Kier alpha value is -3.29. The molecule has 0 radical (unpaired) electrons. The predicted molar refractivity (Wildman–Crippen MR) is 135 cm³/mol. The van der Waals surface area contributed by atoms with Gasteiger partial charge in [0.05, 0.1) is 41.1 Å². The maximum absolute atomic E-state index is 12.9. The van der Waals surface area contributed by atoms with Crippen molar-refractivity contribution in [2.75, 3.05) is 20.0 Å². The Morgan fingerprint density at radius 3 is 2.51 bits per heavy atom. The van der Waals surface area contributed by atoms with Gasteiger partial charge in [-0.15, -0.1) is 0 Å². The third-order valence-electron chi connectivity index (χ3n) is 5.48. The van der Waals surface area contributed by atoms with Crippen LogP contribution < -0.4 is 15.4 Å². The number of aryl methyl sites for hydroxylation is 1. The lowest BCUT2D eigenvalue weighted by Crippen LogP contribution is -2.44. The predicted octanol–water partition coefficient (Wildman–Crippen LogP) is 3.55. The van der Waals surface area contributed by atoms with Gasteiger partial charge in [0, 0.05) is 12.5 Å². The number of allylic oxidation sites excluding steroid dienone is 1. The molecule has 2 aromatic rings. The molecule has 0 fully saturated rings. The molecule has 35 heavy (non-hydrogen) atoms. The van der Waals surface area contributed by atoms with Crippen LogP contribution in [0, 0.1) is 24.2 Å². The smallest absolute Gasteiger partial charge is 0.319 e. The summed E-state index contributed by atoms with van der Waals surface area (Å²) in [4.78, 5) is 37.9. The van der Waals surface area contributed by atoms with Crippen molar-refractivity contribution in [2.45, 2.75) is 19.4 Å². The van der Waals surface area contributed by atoms with E-state index in [2.05, 4.69) is 32.6 Å². The first-order chi connectivity index (χ1) is 16.8. The van der Waals surface area contributed by atoms with Crippen LogP contribution in [0.25, 0.3) is 0 Å². The first-order valence-electron chi connectivity index (χ1n) is 10.6. The van der Waals surface area contributed by atoms with Gasteiger partial charge in [0.1, 0.15) is 11.7 Å². The van der Waals surface area contributed by atoms with Crippen LogP contribution in [0.4, 0.5) is 0 Å². The number of esters is 1. The summed E-state index contributed by atoms with van der Waals surface area (Å²) in [7, 11) is 2.71. The lowest BCUT2D eigenvalue weighted by molar-refractivity contribution is -0.150. The molecule has 1 aliphatic rings. The fraction of sp³-hybridized carbons (Fsp3) is 0.280. The highest BCUT2D eigenvalue weighted by molar-refractivity contribution is 9.10. The second-order valence-corrected chi connectivity index (χ2v) is 9.61. The molecule has 1 aliphatic heterocycles. The molecule has 0 unspecified atom stereocenters. The second-order valence-electron chi connectivity index (χ2n) is 7.77. The summed E-state index contributed by atoms with van der Waals surface area (Å²) >= 11 is 4.45. The van der Waals surface area contributed by atoms with Crippen molar-refractivity contribution < 1.29 is 23.9 Å². The number of benzene rings is 2. The zero-order valence-electron chi connectivity index (χ0n) is 19.4. The molecule has 1 heterocycles. The van der Waals surface area contributed by atoms with Gasteiger partial charge in [0.2, 0.25) is 11.8 Å². The minimum atomic E-state index is -1.25. The highest BCUT2D eigenvalue weighted by Crippen LogP contribution is 2.42. The Balaban J connectivity index is 1.85. The third kappa shape index (κ3) is 6.24. The van der Waals surface area contributed by atoms with Crippen LogP contribution in [-0.4, -0.2) is 37.8 Å². The number of nitriles is 1. The van der Waals surface area contributed by atoms with Crippen molar-refractivity contribution in [1.29, 1.82) is 5.26 Å². The van der Waals surface area contributed by atoms with Crippen LogP contribution in [0.3, 0.4) is 0 Å². The Kier molecular flexibility index (Phi) is 8.95. The number of rotatable bonds is 8. The molecule has 0 spiro atoms. The van der Waals surface area contributed by atoms with Crippen LogP contribution >= 0.6 is 27.7 Å². The average Bonchev–Trinajstić information content (AvgIpc) is 2.86. The highest BCUT2D eigenvalue weighted by atomic mass is 79.9. The number of nitrogens with zero attached hydrogens (tertiary/aromatic N) is 1. The summed E-state index contributed by atoms with van der Waals surface area (Å²) < 4.78 is 10.7. The summed E-state index contributed by atoms with van der Waals surface area (Å²) in [6, 6.07) is 15.0. The minimum Gasteiger partial charge on any atom is -0.496 e. The quantitative estimate of drug-likeness (QED) is 0.376. The molecule has 0 bridgehead atoms. The van der Waals surface area contributed by atoms with Gasteiger partial charge in [-0.05, 0) is 46.1 Å². The topological polar surface area (TPSA) is 118 Å². The highest BCUT2D eigenvalue weighted by Gasteiger charge is 2.44. The van der Waals surface area contributed by atoms with Gasteiger partial charge in [-0.2, -0.15) is 5.26 Å². The third-order valence-corrected chi connectivity index (χ3v) is 7.11. The molecule has 3 rings (SSSR count). The van der Waals surface area contributed by atoms with Gasteiger partial charge in [-0.3, -0.25) is 14.4 Å². The van der Waals surface area contributed by atoms with E-state index in [1.165, 1.54) is 14.2 Å². The lowest BCUT2D eigenvalue weighted by Gasteiger charge is -2.31. The first-order valence-corrected chi connectivity index (χ1v) is 12.4. The molecule has 0 saturated heterocycles. The fourth-order valence-corrected chi connectivity index (χ4v) is 5.09. The number of ether oxygens (including phenoxy) is 2. The van der Waals surface area contributed by atoms with E-state index >= 15 is 0 Å². The van der Waals surface area contributed by atoms with Crippen molar-refractivity contribution >= 4 is 45.5 Å². The molecule has 2 atom stereocenters. The van der Waals surface area contributed by atoms with Crippen LogP contribution in [-0.2, 0) is 25.7 Å². The van der Waals surface area contributed by atoms with Crippen molar-refractivity contribution in [3.05, 3.63) is 74.2 Å². The van der Waals surface area contributed by atoms with Crippen LogP contribution in [0.1, 0.15) is 22.6 Å². The number of nitrogens with one attached hydrogen (secondary N) is 2. The summed E-state index contributed by atoms with van der Waals surface area (Å²) in [6.07, 6.45) is 0. The van der Waals surface area contributed by atoms with Crippen LogP contribution in [0.5, 0.6) is 5.75 Å². The number of carbonyl (C=O) groups is 3. The van der Waals surface area contributed by atoms with E-state index in [1.807, 2.05) is 31.2 Å². The molecule has 8 nitrogen and oxygen atoms in total. The number of carbonyl (C=O) groups excluding carboxylic acids is 3. The largest absolute Gasteiger partial charge is 0.496 e. The number of hydrogen-bond donors (Lipinski definition) is 2. The molecular weight excluding hydrogens is 534 g/mol. The Morgan fingerprint density at radius 2 is 1.91 bits per heavy atom. The van der Waals surface area contributed by atoms with Gasteiger partial charge in [0.15, 0.2) is 0 Å². The van der Waals surface area contributed by atoms with Crippen LogP contribution in [0.15, 0.2) is 57.5 Å². The SMILES string of the molecule is COC(=O)[C@@H]1C(=O)NC(SCC(=O)NCc2ccc(C)cc2)=C(C#N)[C@@H]1c1ccc(OC)c(Br)c1. The first kappa shape index (κ1) is 26.3. The van der Waals surface area contributed by atoms with Crippen LogP contribution in [0.2, 0.25) is 0 Å². The van der Waals surface area contributed by atoms with E-state index in [1.54, 1.807) is 18.2 Å². The Morgan fingerprint density at radius 1 is 1.20 bits per heavy atom. The van der Waals surface area contributed by atoms with Gasteiger partial charge < -0.3 is 20.1 Å². The summed E-state index contributed by atoms with van der Waals surface area (Å²) in [6.45, 7) is 2.35. The van der Waals surface area contributed by atoms with E-state index in [4.69, 9.17) is 9.47 Å².